The smallest absolute Gasteiger partial charge is 0.117 e. The Kier molecular flexibility index (Phi) is 4.93. The van der Waals surface area contributed by atoms with Crippen LogP contribution in [0.1, 0.15) is 45.4 Å². The van der Waals surface area contributed by atoms with Crippen LogP contribution in [0.2, 0.25) is 0 Å². The second-order valence-corrected chi connectivity index (χ2v) is 3.76. The van der Waals surface area contributed by atoms with E-state index in [0.717, 1.165) is 6.42 Å². The Morgan fingerprint density at radius 3 is 2.54 bits per heavy atom. The molecule has 1 aliphatic rings. The molecule has 0 aromatic heterocycles. The highest BCUT2D eigenvalue weighted by molar-refractivity contribution is 5.08. The molecule has 1 atom stereocenters. The summed E-state index contributed by atoms with van der Waals surface area (Å²) in [5, 5.41) is 0. The zero-order valence-electron chi connectivity index (χ0n) is 8.81. The second-order valence-electron chi connectivity index (χ2n) is 3.76. The first-order valence-electron chi connectivity index (χ1n) is 5.40. The summed E-state index contributed by atoms with van der Waals surface area (Å²) >= 11 is 0. The van der Waals surface area contributed by atoms with E-state index in [0.29, 0.717) is 5.92 Å². The number of rotatable bonds is 2. The van der Waals surface area contributed by atoms with Gasteiger partial charge in [-0.2, -0.15) is 0 Å². The van der Waals surface area contributed by atoms with Crippen molar-refractivity contribution in [3.05, 3.63) is 0 Å². The second kappa shape index (κ2) is 6.05. The molecule has 1 fully saturated rings. The summed E-state index contributed by atoms with van der Waals surface area (Å²) in [7, 11) is 1.74. The molecule has 1 aliphatic carbocycles. The molecule has 0 aromatic carbocycles. The highest BCUT2D eigenvalue weighted by Gasteiger charge is 2.10. The van der Waals surface area contributed by atoms with Gasteiger partial charge in [0.05, 0.1) is 0 Å². The monoisotopic (exact) mass is 180 g/mol. The van der Waals surface area contributed by atoms with Crippen LogP contribution >= 0.6 is 0 Å². The highest BCUT2D eigenvalue weighted by atomic mass is 16.5. The molecule has 1 heteroatoms. The summed E-state index contributed by atoms with van der Waals surface area (Å²) in [4.78, 5) is 0. The van der Waals surface area contributed by atoms with Gasteiger partial charge in [-0.25, -0.2) is 0 Å². The van der Waals surface area contributed by atoms with Gasteiger partial charge in [-0.05, 0) is 19.3 Å². The number of hydrogen-bond donors (Lipinski definition) is 0. The lowest BCUT2D eigenvalue weighted by Gasteiger charge is -2.16. The zero-order valence-corrected chi connectivity index (χ0v) is 8.81. The van der Waals surface area contributed by atoms with Crippen molar-refractivity contribution in [1.82, 2.24) is 0 Å². The fourth-order valence-corrected chi connectivity index (χ4v) is 1.79. The fourth-order valence-electron chi connectivity index (χ4n) is 1.79. The van der Waals surface area contributed by atoms with Crippen molar-refractivity contribution in [3.8, 4) is 11.8 Å². The number of hydrogen-bond acceptors (Lipinski definition) is 1. The summed E-state index contributed by atoms with van der Waals surface area (Å²) in [6, 6.07) is 0. The molecule has 0 aromatic rings. The van der Waals surface area contributed by atoms with Crippen LogP contribution < -0.4 is 0 Å². The SMILES string of the molecule is CCC(C#CC1CCCCC1)OC. The van der Waals surface area contributed by atoms with Gasteiger partial charge in [-0.1, -0.05) is 38.0 Å². The van der Waals surface area contributed by atoms with E-state index in [2.05, 4.69) is 18.8 Å². The van der Waals surface area contributed by atoms with Crippen molar-refractivity contribution in [1.29, 1.82) is 0 Å². The van der Waals surface area contributed by atoms with Crippen molar-refractivity contribution in [2.24, 2.45) is 5.92 Å². The fraction of sp³-hybridized carbons (Fsp3) is 0.833. The van der Waals surface area contributed by atoms with Crippen LogP contribution in [0.4, 0.5) is 0 Å². The summed E-state index contributed by atoms with van der Waals surface area (Å²) in [5.41, 5.74) is 0. The first kappa shape index (κ1) is 10.6. The summed E-state index contributed by atoms with van der Waals surface area (Å²) in [6.45, 7) is 2.11. The van der Waals surface area contributed by atoms with Gasteiger partial charge < -0.3 is 4.74 Å². The van der Waals surface area contributed by atoms with Gasteiger partial charge in [-0.3, -0.25) is 0 Å². The molecule has 0 N–H and O–H groups in total. The van der Waals surface area contributed by atoms with Crippen LogP contribution in [0.3, 0.4) is 0 Å². The first-order chi connectivity index (χ1) is 6.36. The Morgan fingerprint density at radius 2 is 2.00 bits per heavy atom. The molecular formula is C12H20O. The van der Waals surface area contributed by atoms with E-state index < -0.39 is 0 Å². The molecule has 1 saturated carbocycles. The van der Waals surface area contributed by atoms with E-state index in [1.807, 2.05) is 0 Å². The van der Waals surface area contributed by atoms with Crippen molar-refractivity contribution < 1.29 is 4.74 Å². The van der Waals surface area contributed by atoms with Crippen LogP contribution in [0, 0.1) is 17.8 Å². The lowest BCUT2D eigenvalue weighted by molar-refractivity contribution is 0.145. The highest BCUT2D eigenvalue weighted by Crippen LogP contribution is 2.22. The quantitative estimate of drug-likeness (QED) is 0.594. The lowest BCUT2D eigenvalue weighted by Crippen LogP contribution is -2.08. The molecule has 74 valence electrons. The minimum absolute atomic E-state index is 0.155. The van der Waals surface area contributed by atoms with E-state index in [9.17, 15) is 0 Å². The van der Waals surface area contributed by atoms with Gasteiger partial charge in [0.15, 0.2) is 0 Å². The average molecular weight is 180 g/mol. The predicted molar refractivity (Wildman–Crippen MR) is 55.4 cm³/mol. The molecule has 13 heavy (non-hydrogen) atoms. The van der Waals surface area contributed by atoms with Crippen molar-refractivity contribution >= 4 is 0 Å². The minimum atomic E-state index is 0.155. The van der Waals surface area contributed by atoms with Crippen LogP contribution in [0.15, 0.2) is 0 Å². The molecule has 0 radical (unpaired) electrons. The molecule has 0 saturated heterocycles. The third kappa shape index (κ3) is 3.83. The Balaban J connectivity index is 2.34. The third-order valence-electron chi connectivity index (χ3n) is 2.71. The molecule has 1 unspecified atom stereocenters. The number of methoxy groups -OCH3 is 1. The minimum Gasteiger partial charge on any atom is -0.369 e. The van der Waals surface area contributed by atoms with E-state index in [1.165, 1.54) is 32.1 Å². The lowest BCUT2D eigenvalue weighted by atomic mass is 9.90. The van der Waals surface area contributed by atoms with Crippen LogP contribution in [-0.4, -0.2) is 13.2 Å². The van der Waals surface area contributed by atoms with Crippen molar-refractivity contribution in [3.63, 3.8) is 0 Å². The Labute approximate surface area is 81.9 Å². The van der Waals surface area contributed by atoms with Gasteiger partial charge >= 0.3 is 0 Å². The summed E-state index contributed by atoms with van der Waals surface area (Å²) < 4.78 is 5.22. The molecule has 0 bridgehead atoms. The first-order valence-corrected chi connectivity index (χ1v) is 5.40. The predicted octanol–water partition coefficient (Wildman–Crippen LogP) is 3.00. The van der Waals surface area contributed by atoms with Gasteiger partial charge in [-0.15, -0.1) is 0 Å². The summed E-state index contributed by atoms with van der Waals surface area (Å²) in [5.74, 6) is 7.22. The molecule has 0 amide bonds. The van der Waals surface area contributed by atoms with E-state index in [1.54, 1.807) is 7.11 Å². The Bertz CT molecular complexity index is 177. The summed E-state index contributed by atoms with van der Waals surface area (Å²) in [6.07, 6.45) is 7.88. The van der Waals surface area contributed by atoms with E-state index in [-0.39, 0.29) is 6.10 Å². The molecular weight excluding hydrogens is 160 g/mol. The van der Waals surface area contributed by atoms with Gasteiger partial charge in [0, 0.05) is 13.0 Å². The molecule has 0 spiro atoms. The van der Waals surface area contributed by atoms with Gasteiger partial charge in [0.25, 0.3) is 0 Å². The van der Waals surface area contributed by atoms with Crippen molar-refractivity contribution in [2.45, 2.75) is 51.6 Å². The largest absolute Gasteiger partial charge is 0.369 e. The normalized spacial score (nSPS) is 20.5. The average Bonchev–Trinajstić information content (AvgIpc) is 2.21. The van der Waals surface area contributed by atoms with Crippen LogP contribution in [-0.2, 0) is 4.74 Å². The van der Waals surface area contributed by atoms with Gasteiger partial charge in [0.2, 0.25) is 0 Å². The van der Waals surface area contributed by atoms with Crippen LogP contribution in [0.25, 0.3) is 0 Å². The van der Waals surface area contributed by atoms with Crippen molar-refractivity contribution in [2.75, 3.05) is 7.11 Å². The number of ether oxygens (including phenoxy) is 1. The molecule has 0 aliphatic heterocycles. The maximum Gasteiger partial charge on any atom is 0.117 e. The Hall–Kier alpha value is -0.480. The topological polar surface area (TPSA) is 9.23 Å². The maximum atomic E-state index is 5.22. The Morgan fingerprint density at radius 1 is 1.31 bits per heavy atom. The maximum absolute atomic E-state index is 5.22. The van der Waals surface area contributed by atoms with Crippen LogP contribution in [0.5, 0.6) is 0 Å². The molecule has 1 nitrogen and oxygen atoms in total. The van der Waals surface area contributed by atoms with Gasteiger partial charge in [0.1, 0.15) is 6.10 Å². The zero-order chi connectivity index (χ0) is 9.52. The van der Waals surface area contributed by atoms with E-state index >= 15 is 0 Å². The third-order valence-corrected chi connectivity index (χ3v) is 2.71. The standard InChI is InChI=1S/C12H20O/c1-3-12(13-2)10-9-11-7-5-4-6-8-11/h11-12H,3-8H2,1-2H3. The molecule has 1 rings (SSSR count). The van der Waals surface area contributed by atoms with E-state index in [4.69, 9.17) is 4.74 Å². The molecule has 0 heterocycles.